The number of pyridine rings is 1. The van der Waals surface area contributed by atoms with Crippen LogP contribution in [-0.4, -0.2) is 10.9 Å². The van der Waals surface area contributed by atoms with Crippen LogP contribution in [0.15, 0.2) is 24.3 Å². The van der Waals surface area contributed by atoms with Crippen LogP contribution in [0.3, 0.4) is 0 Å². The Morgan fingerprint density at radius 2 is 1.89 bits per heavy atom. The van der Waals surface area contributed by atoms with Crippen LogP contribution in [-0.2, 0) is 12.8 Å². The van der Waals surface area contributed by atoms with Gasteiger partial charge in [0.15, 0.2) is 0 Å². The summed E-state index contributed by atoms with van der Waals surface area (Å²) in [5.74, 6) is -0.327. The first-order valence-electron chi connectivity index (χ1n) is 6.47. The molecule has 0 atom stereocenters. The third-order valence-electron chi connectivity index (χ3n) is 3.67. The number of nitrogens with zero attached hydrogens (tertiary/aromatic N) is 1. The minimum atomic E-state index is -0.327. The smallest absolute Gasteiger partial charge is 0.249 e. The summed E-state index contributed by atoms with van der Waals surface area (Å²) < 4.78 is 0. The molecule has 1 heterocycles. The van der Waals surface area contributed by atoms with Gasteiger partial charge in [0.2, 0.25) is 5.91 Å². The van der Waals surface area contributed by atoms with Gasteiger partial charge in [-0.2, -0.15) is 0 Å². The van der Waals surface area contributed by atoms with Gasteiger partial charge in [0.25, 0.3) is 0 Å². The summed E-state index contributed by atoms with van der Waals surface area (Å²) in [6.45, 7) is 0. The highest BCUT2D eigenvalue weighted by molar-refractivity contribution is 6.06. The highest BCUT2D eigenvalue weighted by atomic mass is 16.1. The Labute approximate surface area is 106 Å². The lowest BCUT2D eigenvalue weighted by molar-refractivity contribution is 0.100. The number of carbonyl (C=O) groups is 1. The fourth-order valence-corrected chi connectivity index (χ4v) is 2.83. The Kier molecular flexibility index (Phi) is 2.74. The molecule has 1 aliphatic rings. The van der Waals surface area contributed by atoms with E-state index in [0.717, 1.165) is 47.8 Å². The molecule has 3 nitrogen and oxygen atoms in total. The molecule has 0 aliphatic heterocycles. The standard InChI is InChI=1S/C15H16N2O/c16-15(18)14-10-6-2-1-3-8-12(10)17-13-9-5-4-7-11(13)14/h4-5,7,9H,1-3,6,8H2,(H2,16,18). The maximum Gasteiger partial charge on any atom is 0.249 e. The molecule has 3 rings (SSSR count). The van der Waals surface area contributed by atoms with E-state index < -0.39 is 0 Å². The molecule has 0 spiro atoms. The Morgan fingerprint density at radius 1 is 1.11 bits per heavy atom. The number of benzene rings is 1. The zero-order valence-corrected chi connectivity index (χ0v) is 10.3. The van der Waals surface area contributed by atoms with Crippen molar-refractivity contribution in [1.82, 2.24) is 4.98 Å². The predicted molar refractivity (Wildman–Crippen MR) is 71.5 cm³/mol. The van der Waals surface area contributed by atoms with Gasteiger partial charge in [0, 0.05) is 11.1 Å². The molecule has 2 N–H and O–H groups in total. The average molecular weight is 240 g/mol. The molecule has 0 saturated carbocycles. The Bertz CT molecular complexity index is 619. The molecule has 0 saturated heterocycles. The van der Waals surface area contributed by atoms with E-state index in [4.69, 9.17) is 10.7 Å². The van der Waals surface area contributed by atoms with Crippen LogP contribution >= 0.6 is 0 Å². The molecule has 1 aromatic heterocycles. The van der Waals surface area contributed by atoms with Gasteiger partial charge in [0.05, 0.1) is 11.1 Å². The SMILES string of the molecule is NC(=O)c1c2c(nc3ccccc13)CCCCC2. The van der Waals surface area contributed by atoms with Gasteiger partial charge in [0.1, 0.15) is 0 Å². The van der Waals surface area contributed by atoms with Gasteiger partial charge in [-0.05, 0) is 37.3 Å². The van der Waals surface area contributed by atoms with Crippen LogP contribution in [0.1, 0.15) is 40.9 Å². The molecule has 92 valence electrons. The lowest BCUT2D eigenvalue weighted by atomic mass is 9.97. The molecule has 0 radical (unpaired) electrons. The third-order valence-corrected chi connectivity index (χ3v) is 3.67. The van der Waals surface area contributed by atoms with Crippen LogP contribution in [0.2, 0.25) is 0 Å². The predicted octanol–water partition coefficient (Wildman–Crippen LogP) is 2.60. The lowest BCUT2D eigenvalue weighted by Gasteiger charge is -2.12. The van der Waals surface area contributed by atoms with Crippen molar-refractivity contribution in [3.8, 4) is 0 Å². The first-order valence-corrected chi connectivity index (χ1v) is 6.47. The largest absolute Gasteiger partial charge is 0.366 e. The van der Waals surface area contributed by atoms with Crippen molar-refractivity contribution >= 4 is 16.8 Å². The van der Waals surface area contributed by atoms with Crippen molar-refractivity contribution in [3.05, 3.63) is 41.1 Å². The molecular formula is C15H16N2O. The van der Waals surface area contributed by atoms with E-state index in [2.05, 4.69) is 0 Å². The van der Waals surface area contributed by atoms with E-state index in [1.54, 1.807) is 0 Å². The topological polar surface area (TPSA) is 56.0 Å². The number of rotatable bonds is 1. The molecule has 18 heavy (non-hydrogen) atoms. The van der Waals surface area contributed by atoms with Crippen LogP contribution in [0.25, 0.3) is 10.9 Å². The maximum absolute atomic E-state index is 11.8. The number of aryl methyl sites for hydroxylation is 1. The van der Waals surface area contributed by atoms with E-state index in [-0.39, 0.29) is 5.91 Å². The van der Waals surface area contributed by atoms with Crippen LogP contribution < -0.4 is 5.73 Å². The van der Waals surface area contributed by atoms with Gasteiger partial charge in [-0.25, -0.2) is 0 Å². The maximum atomic E-state index is 11.8. The quantitative estimate of drug-likeness (QED) is 0.779. The molecule has 2 aromatic rings. The number of nitrogens with two attached hydrogens (primary N) is 1. The molecule has 0 unspecified atom stereocenters. The number of para-hydroxylation sites is 1. The minimum Gasteiger partial charge on any atom is -0.366 e. The van der Waals surface area contributed by atoms with Gasteiger partial charge in [-0.1, -0.05) is 24.6 Å². The van der Waals surface area contributed by atoms with Crippen molar-refractivity contribution in [2.24, 2.45) is 5.73 Å². The zero-order chi connectivity index (χ0) is 12.5. The summed E-state index contributed by atoms with van der Waals surface area (Å²) in [5, 5.41) is 0.894. The summed E-state index contributed by atoms with van der Waals surface area (Å²) in [7, 11) is 0. The van der Waals surface area contributed by atoms with Gasteiger partial charge < -0.3 is 5.73 Å². The fourth-order valence-electron chi connectivity index (χ4n) is 2.83. The average Bonchev–Trinajstić information content (AvgIpc) is 2.60. The highest BCUT2D eigenvalue weighted by Crippen LogP contribution is 2.28. The molecular weight excluding hydrogens is 224 g/mol. The number of hydrogen-bond donors (Lipinski definition) is 1. The second-order valence-corrected chi connectivity index (χ2v) is 4.85. The van der Waals surface area contributed by atoms with Crippen LogP contribution in [0.4, 0.5) is 0 Å². The minimum absolute atomic E-state index is 0.327. The summed E-state index contributed by atoms with van der Waals surface area (Å²) in [6, 6.07) is 7.77. The van der Waals surface area contributed by atoms with E-state index in [1.807, 2.05) is 24.3 Å². The highest BCUT2D eigenvalue weighted by Gasteiger charge is 2.19. The summed E-state index contributed by atoms with van der Waals surface area (Å²) in [4.78, 5) is 16.5. The lowest BCUT2D eigenvalue weighted by Crippen LogP contribution is -2.16. The first kappa shape index (κ1) is 11.2. The van der Waals surface area contributed by atoms with Crippen molar-refractivity contribution < 1.29 is 4.79 Å². The van der Waals surface area contributed by atoms with Gasteiger partial charge in [-0.15, -0.1) is 0 Å². The molecule has 1 amide bonds. The van der Waals surface area contributed by atoms with Crippen molar-refractivity contribution in [1.29, 1.82) is 0 Å². The zero-order valence-electron chi connectivity index (χ0n) is 10.3. The van der Waals surface area contributed by atoms with E-state index in [9.17, 15) is 4.79 Å². The van der Waals surface area contributed by atoms with Crippen LogP contribution in [0.5, 0.6) is 0 Å². The normalized spacial score (nSPS) is 15.1. The summed E-state index contributed by atoms with van der Waals surface area (Å²) in [6.07, 6.45) is 5.35. The summed E-state index contributed by atoms with van der Waals surface area (Å²) in [5.41, 5.74) is 9.31. The third kappa shape index (κ3) is 1.76. The number of aromatic nitrogens is 1. The van der Waals surface area contributed by atoms with Gasteiger partial charge >= 0.3 is 0 Å². The van der Waals surface area contributed by atoms with E-state index >= 15 is 0 Å². The molecule has 1 aromatic carbocycles. The van der Waals surface area contributed by atoms with Crippen LogP contribution in [0, 0.1) is 0 Å². The van der Waals surface area contributed by atoms with Crippen molar-refractivity contribution in [3.63, 3.8) is 0 Å². The Hall–Kier alpha value is -1.90. The molecule has 0 bridgehead atoms. The number of carbonyl (C=O) groups excluding carboxylic acids is 1. The Balaban J connectivity index is 2.36. The second-order valence-electron chi connectivity index (χ2n) is 4.85. The summed E-state index contributed by atoms with van der Waals surface area (Å²) >= 11 is 0. The monoisotopic (exact) mass is 240 g/mol. The van der Waals surface area contributed by atoms with E-state index in [1.165, 1.54) is 6.42 Å². The first-order chi connectivity index (χ1) is 8.77. The Morgan fingerprint density at radius 3 is 2.72 bits per heavy atom. The molecule has 3 heteroatoms. The number of fused-ring (bicyclic) bond motifs is 2. The number of hydrogen-bond acceptors (Lipinski definition) is 2. The fraction of sp³-hybridized carbons (Fsp3) is 0.333. The van der Waals surface area contributed by atoms with Crippen molar-refractivity contribution in [2.45, 2.75) is 32.1 Å². The number of primary amides is 1. The molecule has 1 aliphatic carbocycles. The van der Waals surface area contributed by atoms with Gasteiger partial charge in [-0.3, -0.25) is 9.78 Å². The van der Waals surface area contributed by atoms with E-state index in [0.29, 0.717) is 5.56 Å². The van der Waals surface area contributed by atoms with Crippen molar-refractivity contribution in [2.75, 3.05) is 0 Å². The number of amides is 1. The second kappa shape index (κ2) is 4.41. The molecule has 0 fully saturated rings.